The molecule has 0 spiro atoms. The van der Waals surface area contributed by atoms with E-state index in [4.69, 9.17) is 5.11 Å². The van der Waals surface area contributed by atoms with Crippen LogP contribution in [-0.2, 0) is 19.6 Å². The predicted octanol–water partition coefficient (Wildman–Crippen LogP) is -1.58. The van der Waals surface area contributed by atoms with Gasteiger partial charge in [-0.1, -0.05) is 0 Å². The molecule has 8 heteroatoms. The Morgan fingerprint density at radius 2 is 1.67 bits per heavy atom. The molecule has 1 amide bonds. The Hall–Kier alpha value is -1.15. The lowest BCUT2D eigenvalue weighted by molar-refractivity contribution is -0.134. The fourth-order valence-corrected chi connectivity index (χ4v) is 1.54. The van der Waals surface area contributed by atoms with Gasteiger partial charge in [0.2, 0.25) is 15.9 Å². The summed E-state index contributed by atoms with van der Waals surface area (Å²) in [7, 11) is 0.237. The normalized spacial score (nSPS) is 11.5. The molecule has 0 heterocycles. The van der Waals surface area contributed by atoms with Crippen molar-refractivity contribution in [2.24, 2.45) is 0 Å². The summed E-state index contributed by atoms with van der Waals surface area (Å²) in [6.07, 6.45) is 0. The van der Waals surface area contributed by atoms with E-state index in [1.807, 2.05) is 0 Å². The van der Waals surface area contributed by atoms with Crippen molar-refractivity contribution in [3.8, 4) is 0 Å². The van der Waals surface area contributed by atoms with Gasteiger partial charge in [-0.25, -0.2) is 8.42 Å². The molecule has 0 bridgehead atoms. The minimum Gasteiger partial charge on any atom is -0.480 e. The van der Waals surface area contributed by atoms with E-state index >= 15 is 0 Å². The number of carbonyl (C=O) groups is 2. The van der Waals surface area contributed by atoms with E-state index in [0.717, 1.165) is 4.31 Å². The zero-order chi connectivity index (χ0) is 12.2. The molecule has 0 rings (SSSR count). The van der Waals surface area contributed by atoms with Gasteiger partial charge in [-0.05, 0) is 0 Å². The average molecular weight is 238 g/mol. The SMILES string of the molecule is CN(C)C(=O)CN(C)S(=O)(=O)CC(=O)O. The van der Waals surface area contributed by atoms with Crippen LogP contribution in [0, 0.1) is 0 Å². The molecule has 0 aliphatic carbocycles. The van der Waals surface area contributed by atoms with Gasteiger partial charge in [-0.3, -0.25) is 9.59 Å². The van der Waals surface area contributed by atoms with Gasteiger partial charge in [0.25, 0.3) is 0 Å². The molecule has 0 fully saturated rings. The highest BCUT2D eigenvalue weighted by Crippen LogP contribution is 1.98. The Morgan fingerprint density at radius 1 is 1.20 bits per heavy atom. The third kappa shape index (κ3) is 4.75. The van der Waals surface area contributed by atoms with Gasteiger partial charge >= 0.3 is 5.97 Å². The van der Waals surface area contributed by atoms with Crippen molar-refractivity contribution < 1.29 is 23.1 Å². The Balaban J connectivity index is 4.51. The molecular formula is C7H14N2O5S. The lowest BCUT2D eigenvalue weighted by Crippen LogP contribution is -2.40. The Morgan fingerprint density at radius 3 is 2.00 bits per heavy atom. The molecule has 0 aliphatic rings. The minimum absolute atomic E-state index is 0.359. The van der Waals surface area contributed by atoms with Crippen molar-refractivity contribution in [3.63, 3.8) is 0 Å². The number of carboxylic acids is 1. The summed E-state index contributed by atoms with van der Waals surface area (Å²) in [5.74, 6) is -2.87. The molecule has 0 aromatic carbocycles. The Labute approximate surface area is 88.3 Å². The zero-order valence-corrected chi connectivity index (χ0v) is 9.61. The smallest absolute Gasteiger partial charge is 0.320 e. The first kappa shape index (κ1) is 13.8. The predicted molar refractivity (Wildman–Crippen MR) is 52.7 cm³/mol. The van der Waals surface area contributed by atoms with Crippen LogP contribution < -0.4 is 0 Å². The minimum atomic E-state index is -3.90. The number of likely N-dealkylation sites (N-methyl/N-ethyl adjacent to an activating group) is 2. The van der Waals surface area contributed by atoms with E-state index in [9.17, 15) is 18.0 Å². The number of carboxylic acid groups (broad SMARTS) is 1. The van der Waals surface area contributed by atoms with Crippen LogP contribution in [0.25, 0.3) is 0 Å². The van der Waals surface area contributed by atoms with Crippen LogP contribution >= 0.6 is 0 Å². The van der Waals surface area contributed by atoms with Crippen molar-refractivity contribution >= 4 is 21.9 Å². The van der Waals surface area contributed by atoms with Crippen LogP contribution in [0.15, 0.2) is 0 Å². The lowest BCUT2D eigenvalue weighted by Gasteiger charge is -2.17. The maximum absolute atomic E-state index is 11.3. The second kappa shape index (κ2) is 5.08. The van der Waals surface area contributed by atoms with E-state index in [1.54, 1.807) is 0 Å². The number of amides is 1. The molecular weight excluding hydrogens is 224 g/mol. The number of hydrogen-bond donors (Lipinski definition) is 1. The van der Waals surface area contributed by atoms with Crippen molar-refractivity contribution in [1.82, 2.24) is 9.21 Å². The van der Waals surface area contributed by atoms with Crippen LogP contribution in [0.3, 0.4) is 0 Å². The van der Waals surface area contributed by atoms with Gasteiger partial charge in [-0.2, -0.15) is 4.31 Å². The second-order valence-electron chi connectivity index (χ2n) is 3.19. The molecule has 0 unspecified atom stereocenters. The summed E-state index contributed by atoms with van der Waals surface area (Å²) in [5, 5.41) is 8.34. The first-order valence-corrected chi connectivity index (χ1v) is 5.63. The highest BCUT2D eigenvalue weighted by Gasteiger charge is 2.23. The van der Waals surface area contributed by atoms with Crippen molar-refractivity contribution in [2.75, 3.05) is 33.4 Å². The summed E-state index contributed by atoms with van der Waals surface area (Å²) < 4.78 is 23.3. The number of sulfonamides is 1. The molecule has 0 aromatic heterocycles. The third-order valence-corrected chi connectivity index (χ3v) is 3.33. The van der Waals surface area contributed by atoms with Crippen LogP contribution in [-0.4, -0.2) is 68.0 Å². The van der Waals surface area contributed by atoms with E-state index < -0.39 is 27.7 Å². The summed E-state index contributed by atoms with van der Waals surface area (Å²) in [4.78, 5) is 22.6. The average Bonchev–Trinajstić information content (AvgIpc) is 2.01. The molecule has 0 aliphatic heterocycles. The van der Waals surface area contributed by atoms with E-state index in [2.05, 4.69) is 0 Å². The molecule has 0 aromatic rings. The summed E-state index contributed by atoms with van der Waals surface area (Å²) in [6, 6.07) is 0. The number of carbonyl (C=O) groups excluding carboxylic acids is 1. The van der Waals surface area contributed by atoms with E-state index in [-0.39, 0.29) is 6.54 Å². The fraction of sp³-hybridized carbons (Fsp3) is 0.714. The van der Waals surface area contributed by atoms with Crippen molar-refractivity contribution in [2.45, 2.75) is 0 Å². The monoisotopic (exact) mass is 238 g/mol. The molecule has 1 N–H and O–H groups in total. The van der Waals surface area contributed by atoms with E-state index in [1.165, 1.54) is 26.0 Å². The third-order valence-electron chi connectivity index (χ3n) is 1.64. The van der Waals surface area contributed by atoms with Crippen molar-refractivity contribution in [3.05, 3.63) is 0 Å². The standard InChI is InChI=1S/C7H14N2O5S/c1-8(2)6(10)4-9(3)15(13,14)5-7(11)12/h4-5H2,1-3H3,(H,11,12). The first-order valence-electron chi connectivity index (χ1n) is 4.03. The number of rotatable bonds is 5. The van der Waals surface area contributed by atoms with Crippen LogP contribution in [0.2, 0.25) is 0 Å². The number of nitrogens with zero attached hydrogens (tertiary/aromatic N) is 2. The molecule has 88 valence electrons. The zero-order valence-electron chi connectivity index (χ0n) is 8.80. The molecule has 0 saturated heterocycles. The Bertz CT molecular complexity index is 348. The molecule has 15 heavy (non-hydrogen) atoms. The number of aliphatic carboxylic acids is 1. The van der Waals surface area contributed by atoms with Gasteiger partial charge in [0.15, 0.2) is 5.75 Å². The largest absolute Gasteiger partial charge is 0.480 e. The first-order chi connectivity index (χ1) is 6.66. The van der Waals surface area contributed by atoms with Gasteiger partial charge < -0.3 is 10.0 Å². The summed E-state index contributed by atoms with van der Waals surface area (Å²) in [5.41, 5.74) is 0. The van der Waals surface area contributed by atoms with Gasteiger partial charge in [0.05, 0.1) is 6.54 Å². The molecule has 0 saturated carbocycles. The van der Waals surface area contributed by atoms with Crippen LogP contribution in [0.5, 0.6) is 0 Å². The van der Waals surface area contributed by atoms with Gasteiger partial charge in [-0.15, -0.1) is 0 Å². The Kier molecular flexibility index (Phi) is 4.69. The number of hydrogen-bond acceptors (Lipinski definition) is 4. The lowest BCUT2D eigenvalue weighted by atomic mass is 10.5. The van der Waals surface area contributed by atoms with E-state index in [0.29, 0.717) is 0 Å². The fourth-order valence-electron chi connectivity index (χ4n) is 0.696. The summed E-state index contributed by atoms with van der Waals surface area (Å²) in [6.45, 7) is -0.359. The highest BCUT2D eigenvalue weighted by molar-refractivity contribution is 7.89. The van der Waals surface area contributed by atoms with Gasteiger partial charge in [0.1, 0.15) is 0 Å². The molecule has 0 atom stereocenters. The second-order valence-corrected chi connectivity index (χ2v) is 5.27. The topological polar surface area (TPSA) is 95.0 Å². The summed E-state index contributed by atoms with van der Waals surface area (Å²) >= 11 is 0. The van der Waals surface area contributed by atoms with Crippen molar-refractivity contribution in [1.29, 1.82) is 0 Å². The highest BCUT2D eigenvalue weighted by atomic mass is 32.2. The quantitative estimate of drug-likeness (QED) is 0.623. The maximum atomic E-state index is 11.3. The molecule has 7 nitrogen and oxygen atoms in total. The molecule has 0 radical (unpaired) electrons. The van der Waals surface area contributed by atoms with Crippen LogP contribution in [0.1, 0.15) is 0 Å². The maximum Gasteiger partial charge on any atom is 0.320 e. The van der Waals surface area contributed by atoms with Crippen LogP contribution in [0.4, 0.5) is 0 Å². The van der Waals surface area contributed by atoms with Gasteiger partial charge in [0, 0.05) is 21.1 Å².